The van der Waals surface area contributed by atoms with Crippen LogP contribution in [-0.4, -0.2) is 90.5 Å². The summed E-state index contributed by atoms with van der Waals surface area (Å²) in [5.74, 6) is -4.51. The molecule has 7 aliphatic rings. The molecule has 5 heterocycles. The largest absolute Gasteiger partial charge is 0.498 e. The van der Waals surface area contributed by atoms with Crippen LogP contribution in [0.15, 0.2) is 47.3 Å². The number of methoxy groups -OCH3 is 1. The summed E-state index contributed by atoms with van der Waals surface area (Å²) in [6.07, 6.45) is 4.57. The highest BCUT2D eigenvalue weighted by Crippen LogP contribution is 2.59. The van der Waals surface area contributed by atoms with Crippen LogP contribution in [0.3, 0.4) is 0 Å². The quantitative estimate of drug-likeness (QED) is 0.189. The summed E-state index contributed by atoms with van der Waals surface area (Å²) in [6.45, 7) is 3.25. The Kier molecular flexibility index (Phi) is 8.29. The number of cyclic esters (lactones) is 3. The van der Waals surface area contributed by atoms with E-state index < -0.39 is 59.8 Å². The summed E-state index contributed by atoms with van der Waals surface area (Å²) in [4.78, 5) is 50.8. The van der Waals surface area contributed by atoms with Crippen molar-refractivity contribution in [1.29, 1.82) is 0 Å². The molecule has 0 radical (unpaired) electrons. The minimum absolute atomic E-state index is 0.0265. The summed E-state index contributed by atoms with van der Waals surface area (Å²) in [5, 5.41) is 22.8. The number of esters is 4. The minimum atomic E-state index is -1.40. The molecule has 2 N–H and O–H groups in total. The molecule has 3 unspecified atom stereocenters. The van der Waals surface area contributed by atoms with Crippen LogP contribution < -0.4 is 0 Å². The third-order valence-corrected chi connectivity index (χ3v) is 10.2. The molecular formula is C32H38O12. The molecule has 12 heteroatoms. The maximum absolute atomic E-state index is 13.6. The number of aliphatic hydroxyl groups is 2. The highest BCUT2D eigenvalue weighted by molar-refractivity contribution is 6.14. The van der Waals surface area contributed by atoms with Gasteiger partial charge in [-0.15, -0.1) is 0 Å². The van der Waals surface area contributed by atoms with E-state index in [1.807, 2.05) is 26.0 Å². The average Bonchev–Trinajstić information content (AvgIpc) is 3.26. The number of aliphatic hydroxyl groups excluding tert-OH is 2. The monoisotopic (exact) mass is 614 g/mol. The number of carbonyl (C=O) groups is 4. The third kappa shape index (κ3) is 5.11. The van der Waals surface area contributed by atoms with Crippen molar-refractivity contribution in [1.82, 2.24) is 0 Å². The van der Waals surface area contributed by atoms with Gasteiger partial charge in [0.05, 0.1) is 35.5 Å². The standard InChI is InChI=1S/C32H38O12/c1-15-10-18-13-41-25(34)7-6-20-21(30(37)43-29(20)36)8-9-40-14-22(33)28(18)42-31(38)24(39-3)12-19-5-4-17-11-23-16(2)27(35)26(17)32(15,19)44-23/h4-5,8-10,16-19,22-24,26-28,33,35H,6-7,11-14H2,1-3H3/b9-8+,15-10+/t16-,17-,18?,19+,22?,23-,24?,26-,27+,28-,32-/m0/s1. The molecule has 7 rings (SSSR count). The highest BCUT2D eigenvalue weighted by atomic mass is 16.6. The Morgan fingerprint density at radius 2 is 1.80 bits per heavy atom. The van der Waals surface area contributed by atoms with Crippen LogP contribution in [0.2, 0.25) is 0 Å². The lowest BCUT2D eigenvalue weighted by molar-refractivity contribution is -0.276. The summed E-state index contributed by atoms with van der Waals surface area (Å²) in [7, 11) is 1.41. The second-order valence-electron chi connectivity index (χ2n) is 12.5. The predicted octanol–water partition coefficient (Wildman–Crippen LogP) is 1.44. The molecule has 2 aliphatic carbocycles. The van der Waals surface area contributed by atoms with Crippen molar-refractivity contribution < 1.29 is 57.8 Å². The van der Waals surface area contributed by atoms with Gasteiger partial charge in [0.1, 0.15) is 31.0 Å². The molecule has 5 aliphatic heterocycles. The Morgan fingerprint density at radius 3 is 2.55 bits per heavy atom. The molecule has 3 fully saturated rings. The van der Waals surface area contributed by atoms with Crippen molar-refractivity contribution in [2.45, 2.75) is 75.7 Å². The van der Waals surface area contributed by atoms with Crippen molar-refractivity contribution in [3.8, 4) is 0 Å². The van der Waals surface area contributed by atoms with Crippen LogP contribution in [-0.2, 0) is 47.6 Å². The molecule has 238 valence electrons. The Labute approximate surface area is 254 Å². The first-order chi connectivity index (χ1) is 21.0. The molecule has 0 amide bonds. The fraction of sp³-hybridized carbons (Fsp3) is 0.625. The zero-order valence-corrected chi connectivity index (χ0v) is 24.9. The molecule has 0 aromatic heterocycles. The second kappa shape index (κ2) is 11.9. The number of rotatable bonds is 1. The summed E-state index contributed by atoms with van der Waals surface area (Å²) in [6, 6.07) is 0. The van der Waals surface area contributed by atoms with E-state index in [9.17, 15) is 29.4 Å². The molecule has 0 aromatic rings. The summed E-state index contributed by atoms with van der Waals surface area (Å²) in [5.41, 5.74) is -0.212. The third-order valence-electron chi connectivity index (χ3n) is 10.2. The van der Waals surface area contributed by atoms with Crippen LogP contribution >= 0.6 is 0 Å². The zero-order valence-electron chi connectivity index (χ0n) is 24.9. The molecular weight excluding hydrogens is 576 g/mol. The molecule has 1 saturated carbocycles. The summed E-state index contributed by atoms with van der Waals surface area (Å²) >= 11 is 0. The van der Waals surface area contributed by atoms with Gasteiger partial charge in [-0.1, -0.05) is 25.2 Å². The predicted molar refractivity (Wildman–Crippen MR) is 149 cm³/mol. The van der Waals surface area contributed by atoms with Crippen molar-refractivity contribution in [2.24, 2.45) is 29.6 Å². The van der Waals surface area contributed by atoms with Gasteiger partial charge >= 0.3 is 23.9 Å². The number of allylic oxidation sites excluding steroid dienone is 1. The maximum atomic E-state index is 13.6. The molecule has 44 heavy (non-hydrogen) atoms. The van der Waals surface area contributed by atoms with Gasteiger partial charge in [0, 0.05) is 31.3 Å². The normalized spacial score (nSPS) is 44.4. The lowest BCUT2D eigenvalue weighted by Crippen LogP contribution is -2.69. The Hall–Kier alpha value is -3.32. The number of hydrogen-bond donors (Lipinski definition) is 2. The maximum Gasteiger partial charge on any atom is 0.346 e. The van der Waals surface area contributed by atoms with E-state index in [-0.39, 0.29) is 73.4 Å². The first kappa shape index (κ1) is 30.7. The summed E-state index contributed by atoms with van der Waals surface area (Å²) < 4.78 is 34.2. The fourth-order valence-electron chi connectivity index (χ4n) is 7.90. The van der Waals surface area contributed by atoms with Crippen LogP contribution in [0.4, 0.5) is 0 Å². The molecule has 1 spiro atoms. The first-order valence-corrected chi connectivity index (χ1v) is 15.1. The van der Waals surface area contributed by atoms with E-state index in [0.29, 0.717) is 0 Å². The number of carbonyl (C=O) groups excluding carboxylic acids is 4. The van der Waals surface area contributed by atoms with E-state index in [1.54, 1.807) is 0 Å². The van der Waals surface area contributed by atoms with Crippen molar-refractivity contribution in [2.75, 3.05) is 20.3 Å². The zero-order chi connectivity index (χ0) is 31.3. The van der Waals surface area contributed by atoms with Gasteiger partial charge in [-0.25, -0.2) is 14.4 Å². The van der Waals surface area contributed by atoms with Crippen molar-refractivity contribution >= 4 is 23.9 Å². The van der Waals surface area contributed by atoms with Gasteiger partial charge in [0.15, 0.2) is 6.10 Å². The molecule has 2 saturated heterocycles. The van der Waals surface area contributed by atoms with Crippen LogP contribution in [0.25, 0.3) is 0 Å². The van der Waals surface area contributed by atoms with Gasteiger partial charge in [0.2, 0.25) is 0 Å². The Morgan fingerprint density at radius 1 is 1.00 bits per heavy atom. The number of hydrogen-bond acceptors (Lipinski definition) is 12. The SMILES string of the molecule is COC1C[C@H]2C=C[C@H]3C[C@@H]4O[C@]2(/C(C)=C/C2COC(=O)CCC5=C(/C=C/OCC(O)[C@H]2OC1=O)C(=O)OC5=O)[C@@H]3[C@H](O)[C@H]4C. The lowest BCUT2D eigenvalue weighted by Gasteiger charge is -2.64. The van der Waals surface area contributed by atoms with Gasteiger partial charge in [-0.3, -0.25) is 4.79 Å². The number of ether oxygens (including phenoxy) is 6. The molecule has 12 nitrogen and oxygen atoms in total. The van der Waals surface area contributed by atoms with Gasteiger partial charge in [-0.2, -0.15) is 0 Å². The topological polar surface area (TPSA) is 164 Å². The second-order valence-corrected chi connectivity index (χ2v) is 12.5. The van der Waals surface area contributed by atoms with Gasteiger partial charge in [0.25, 0.3) is 0 Å². The van der Waals surface area contributed by atoms with E-state index in [0.717, 1.165) is 18.3 Å². The number of fused-ring (bicyclic) bond motifs is 2. The molecule has 11 atom stereocenters. The van der Waals surface area contributed by atoms with Gasteiger partial charge < -0.3 is 38.6 Å². The van der Waals surface area contributed by atoms with Crippen molar-refractivity contribution in [3.05, 3.63) is 47.3 Å². The van der Waals surface area contributed by atoms with Crippen LogP contribution in [0.5, 0.6) is 0 Å². The van der Waals surface area contributed by atoms with Gasteiger partial charge in [-0.05, 0) is 43.8 Å². The fourth-order valence-corrected chi connectivity index (χ4v) is 7.90. The Bertz CT molecular complexity index is 1340. The minimum Gasteiger partial charge on any atom is -0.498 e. The Balaban J connectivity index is 1.39. The van der Waals surface area contributed by atoms with Crippen LogP contribution in [0.1, 0.15) is 39.5 Å². The van der Waals surface area contributed by atoms with E-state index in [1.165, 1.54) is 13.2 Å². The molecule has 4 bridgehead atoms. The lowest BCUT2D eigenvalue weighted by atomic mass is 9.52. The average molecular weight is 615 g/mol. The smallest absolute Gasteiger partial charge is 0.346 e. The van der Waals surface area contributed by atoms with Crippen molar-refractivity contribution in [3.63, 3.8) is 0 Å². The van der Waals surface area contributed by atoms with E-state index in [4.69, 9.17) is 23.7 Å². The van der Waals surface area contributed by atoms with E-state index in [2.05, 4.69) is 10.8 Å². The molecule has 0 aromatic carbocycles. The first-order valence-electron chi connectivity index (χ1n) is 15.1. The highest BCUT2D eigenvalue weighted by Gasteiger charge is 2.64. The van der Waals surface area contributed by atoms with Crippen LogP contribution in [0, 0.1) is 29.6 Å². The van der Waals surface area contributed by atoms with E-state index >= 15 is 0 Å².